The molecule has 1 aliphatic carbocycles. The SMILES string of the molecule is O=C(Nc1nnc(Cc2ccccc2)s1)c1c2c(nc3ccccc13)CCC2. The van der Waals surface area contributed by atoms with Crippen LogP contribution in [0.2, 0.25) is 0 Å². The van der Waals surface area contributed by atoms with E-state index in [-0.39, 0.29) is 5.91 Å². The first-order valence-electron chi connectivity index (χ1n) is 9.36. The van der Waals surface area contributed by atoms with Crippen LogP contribution in [0.15, 0.2) is 54.6 Å². The summed E-state index contributed by atoms with van der Waals surface area (Å²) in [5.74, 6) is -0.126. The minimum atomic E-state index is -0.126. The molecule has 1 aliphatic rings. The zero-order chi connectivity index (χ0) is 18.9. The lowest BCUT2D eigenvalue weighted by Crippen LogP contribution is -2.15. The minimum absolute atomic E-state index is 0.126. The van der Waals surface area contributed by atoms with Gasteiger partial charge in [0.2, 0.25) is 5.13 Å². The largest absolute Gasteiger partial charge is 0.296 e. The van der Waals surface area contributed by atoms with E-state index in [0.717, 1.165) is 52.0 Å². The van der Waals surface area contributed by atoms with Gasteiger partial charge >= 0.3 is 0 Å². The van der Waals surface area contributed by atoms with Crippen LogP contribution < -0.4 is 5.32 Å². The molecule has 0 atom stereocenters. The van der Waals surface area contributed by atoms with Gasteiger partial charge in [0.1, 0.15) is 5.01 Å². The average molecular weight is 386 g/mol. The highest BCUT2D eigenvalue weighted by atomic mass is 32.1. The maximum Gasteiger partial charge on any atom is 0.258 e. The number of aryl methyl sites for hydroxylation is 1. The van der Waals surface area contributed by atoms with Crippen molar-refractivity contribution in [3.63, 3.8) is 0 Å². The number of nitrogens with one attached hydrogen (secondary N) is 1. The van der Waals surface area contributed by atoms with Gasteiger partial charge in [-0.05, 0) is 36.5 Å². The predicted molar refractivity (Wildman–Crippen MR) is 111 cm³/mol. The number of carbonyl (C=O) groups excluding carboxylic acids is 1. The summed E-state index contributed by atoms with van der Waals surface area (Å²) in [6.45, 7) is 0. The van der Waals surface area contributed by atoms with Crippen molar-refractivity contribution in [1.82, 2.24) is 15.2 Å². The number of hydrogen-bond acceptors (Lipinski definition) is 5. The zero-order valence-electron chi connectivity index (χ0n) is 15.2. The van der Waals surface area contributed by atoms with Crippen molar-refractivity contribution in [3.8, 4) is 0 Å². The van der Waals surface area contributed by atoms with Gasteiger partial charge in [-0.15, -0.1) is 10.2 Å². The van der Waals surface area contributed by atoms with Crippen LogP contribution in [-0.2, 0) is 19.3 Å². The smallest absolute Gasteiger partial charge is 0.258 e. The van der Waals surface area contributed by atoms with Gasteiger partial charge in [-0.1, -0.05) is 59.9 Å². The molecular formula is C22H18N4OS. The molecule has 0 spiro atoms. The molecule has 0 saturated carbocycles. The molecule has 0 radical (unpaired) electrons. The number of fused-ring (bicyclic) bond motifs is 2. The molecule has 1 amide bonds. The topological polar surface area (TPSA) is 67.8 Å². The Morgan fingerprint density at radius 1 is 1.00 bits per heavy atom. The van der Waals surface area contributed by atoms with Crippen LogP contribution in [-0.4, -0.2) is 21.1 Å². The van der Waals surface area contributed by atoms with E-state index in [0.29, 0.717) is 11.6 Å². The molecule has 0 unspecified atom stereocenters. The molecule has 0 fully saturated rings. The van der Waals surface area contributed by atoms with Crippen LogP contribution in [0.4, 0.5) is 5.13 Å². The van der Waals surface area contributed by atoms with E-state index in [9.17, 15) is 4.79 Å². The van der Waals surface area contributed by atoms with E-state index >= 15 is 0 Å². The lowest BCUT2D eigenvalue weighted by atomic mass is 10.0. The van der Waals surface area contributed by atoms with E-state index in [2.05, 4.69) is 27.6 Å². The van der Waals surface area contributed by atoms with Crippen LogP contribution in [0, 0.1) is 0 Å². The number of rotatable bonds is 4. The summed E-state index contributed by atoms with van der Waals surface area (Å²) in [6, 6.07) is 18.0. The third-order valence-electron chi connectivity index (χ3n) is 5.03. The molecule has 5 rings (SSSR count). The third kappa shape index (κ3) is 3.16. The predicted octanol–water partition coefficient (Wildman–Crippen LogP) is 4.42. The Kier molecular flexibility index (Phi) is 4.33. The fraction of sp³-hybridized carbons (Fsp3) is 0.182. The van der Waals surface area contributed by atoms with E-state index in [1.807, 2.05) is 42.5 Å². The normalized spacial score (nSPS) is 12.9. The number of amides is 1. The van der Waals surface area contributed by atoms with Crippen LogP contribution in [0.5, 0.6) is 0 Å². The molecule has 6 heteroatoms. The first-order valence-corrected chi connectivity index (χ1v) is 10.2. The van der Waals surface area contributed by atoms with Crippen molar-refractivity contribution in [3.05, 3.63) is 82.0 Å². The van der Waals surface area contributed by atoms with Gasteiger partial charge in [-0.25, -0.2) is 0 Å². The monoisotopic (exact) mass is 386 g/mol. The quantitative estimate of drug-likeness (QED) is 0.564. The number of benzene rings is 2. The second-order valence-corrected chi connectivity index (χ2v) is 7.96. The number of para-hydroxylation sites is 1. The minimum Gasteiger partial charge on any atom is -0.296 e. The van der Waals surface area contributed by atoms with Crippen LogP contribution in [0.3, 0.4) is 0 Å². The molecule has 1 N–H and O–H groups in total. The molecule has 2 aromatic heterocycles. The molecule has 138 valence electrons. The Morgan fingerprint density at radius 2 is 1.82 bits per heavy atom. The standard InChI is InChI=1S/C22H18N4OS/c27-21(24-22-26-25-19(28-22)13-14-7-2-1-3-8-14)20-15-9-4-5-11-17(15)23-18-12-6-10-16(18)20/h1-5,7-9,11H,6,10,12-13H2,(H,24,26,27). The molecule has 0 saturated heterocycles. The number of anilines is 1. The van der Waals surface area contributed by atoms with E-state index in [1.165, 1.54) is 16.9 Å². The lowest BCUT2D eigenvalue weighted by Gasteiger charge is -2.11. The first kappa shape index (κ1) is 17.0. The maximum atomic E-state index is 13.2. The Labute approximate surface area is 166 Å². The van der Waals surface area contributed by atoms with E-state index < -0.39 is 0 Å². The molecular weight excluding hydrogens is 368 g/mol. The first-order chi connectivity index (χ1) is 13.8. The highest BCUT2D eigenvalue weighted by Crippen LogP contribution is 2.31. The summed E-state index contributed by atoms with van der Waals surface area (Å²) in [5.41, 5.74) is 4.90. The van der Waals surface area contributed by atoms with Crippen molar-refractivity contribution in [2.45, 2.75) is 25.7 Å². The number of nitrogens with zero attached hydrogens (tertiary/aromatic N) is 3. The van der Waals surface area contributed by atoms with Gasteiger partial charge in [0, 0.05) is 17.5 Å². The highest BCUT2D eigenvalue weighted by molar-refractivity contribution is 7.15. The van der Waals surface area contributed by atoms with Crippen molar-refractivity contribution in [2.75, 3.05) is 5.32 Å². The van der Waals surface area contributed by atoms with Crippen molar-refractivity contribution < 1.29 is 4.79 Å². The fourth-order valence-corrected chi connectivity index (χ4v) is 4.55. The van der Waals surface area contributed by atoms with Gasteiger partial charge in [-0.3, -0.25) is 15.1 Å². The molecule has 2 aromatic carbocycles. The highest BCUT2D eigenvalue weighted by Gasteiger charge is 2.24. The maximum absolute atomic E-state index is 13.2. The summed E-state index contributed by atoms with van der Waals surface area (Å²) < 4.78 is 0. The van der Waals surface area contributed by atoms with E-state index in [1.54, 1.807) is 0 Å². The van der Waals surface area contributed by atoms with Gasteiger partial charge < -0.3 is 0 Å². The molecule has 28 heavy (non-hydrogen) atoms. The van der Waals surface area contributed by atoms with Gasteiger partial charge in [0.25, 0.3) is 5.91 Å². The second-order valence-electron chi connectivity index (χ2n) is 6.90. The second kappa shape index (κ2) is 7.13. The van der Waals surface area contributed by atoms with Crippen LogP contribution in [0.1, 0.15) is 38.6 Å². The summed E-state index contributed by atoms with van der Waals surface area (Å²) in [5, 5.41) is 13.7. The molecule has 2 heterocycles. The average Bonchev–Trinajstić information content (AvgIpc) is 3.35. The number of aromatic nitrogens is 3. The Hall–Kier alpha value is -3.12. The number of hydrogen-bond donors (Lipinski definition) is 1. The van der Waals surface area contributed by atoms with Crippen molar-refractivity contribution in [1.29, 1.82) is 0 Å². The lowest BCUT2D eigenvalue weighted by molar-refractivity contribution is 0.102. The fourth-order valence-electron chi connectivity index (χ4n) is 3.78. The van der Waals surface area contributed by atoms with Gasteiger partial charge in [-0.2, -0.15) is 0 Å². The van der Waals surface area contributed by atoms with E-state index in [4.69, 9.17) is 4.98 Å². The van der Waals surface area contributed by atoms with Crippen molar-refractivity contribution >= 4 is 33.3 Å². The molecule has 0 aliphatic heterocycles. The zero-order valence-corrected chi connectivity index (χ0v) is 16.0. The summed E-state index contributed by atoms with van der Waals surface area (Å²) in [7, 11) is 0. The Bertz CT molecular complexity index is 1170. The summed E-state index contributed by atoms with van der Waals surface area (Å²) in [6.07, 6.45) is 3.58. The van der Waals surface area contributed by atoms with Crippen LogP contribution >= 0.6 is 11.3 Å². The summed E-state index contributed by atoms with van der Waals surface area (Å²) in [4.78, 5) is 17.9. The summed E-state index contributed by atoms with van der Waals surface area (Å²) >= 11 is 1.42. The molecule has 0 bridgehead atoms. The molecule has 4 aromatic rings. The Morgan fingerprint density at radius 3 is 2.71 bits per heavy atom. The third-order valence-corrected chi connectivity index (χ3v) is 5.87. The molecule has 5 nitrogen and oxygen atoms in total. The number of carbonyl (C=O) groups is 1. The van der Waals surface area contributed by atoms with Gasteiger partial charge in [0.15, 0.2) is 0 Å². The van der Waals surface area contributed by atoms with Crippen LogP contribution in [0.25, 0.3) is 10.9 Å². The van der Waals surface area contributed by atoms with Gasteiger partial charge in [0.05, 0.1) is 11.1 Å². The number of pyridine rings is 1. The van der Waals surface area contributed by atoms with Crippen molar-refractivity contribution in [2.24, 2.45) is 0 Å². The Balaban J connectivity index is 1.44.